The summed E-state index contributed by atoms with van der Waals surface area (Å²) in [5.41, 5.74) is 6.45. The second-order valence-corrected chi connectivity index (χ2v) is 3.24. The Morgan fingerprint density at radius 2 is 2.00 bits per heavy atom. The maximum absolute atomic E-state index is 5.74. The zero-order valence-electron chi connectivity index (χ0n) is 7.93. The van der Waals surface area contributed by atoms with Gasteiger partial charge < -0.3 is 15.2 Å². The van der Waals surface area contributed by atoms with Gasteiger partial charge in [-0.1, -0.05) is 0 Å². The van der Waals surface area contributed by atoms with Crippen molar-refractivity contribution in [2.45, 2.75) is 0 Å². The normalized spacial score (nSPS) is 14.1. The van der Waals surface area contributed by atoms with E-state index in [9.17, 15) is 0 Å². The molecule has 0 saturated heterocycles. The van der Waals surface area contributed by atoms with Crippen LogP contribution in [0.3, 0.4) is 0 Å². The number of anilines is 1. The molecule has 15 heavy (non-hydrogen) atoms. The Bertz CT molecular complexity index is 527. The predicted octanol–water partition coefficient (Wildman–Crippen LogP) is 0.983. The fraction of sp³-hybridized carbons (Fsp3) is 0.200. The number of nitrogens with two attached hydrogens (primary N) is 1. The Labute approximate surface area is 85.8 Å². The van der Waals surface area contributed by atoms with Gasteiger partial charge in [-0.2, -0.15) is 0 Å². The molecule has 2 heterocycles. The molecule has 1 aliphatic rings. The van der Waals surface area contributed by atoms with Gasteiger partial charge in [-0.05, 0) is 12.1 Å². The van der Waals surface area contributed by atoms with Crippen LogP contribution in [0.4, 0.5) is 5.82 Å². The van der Waals surface area contributed by atoms with Gasteiger partial charge in [-0.25, -0.2) is 9.97 Å². The van der Waals surface area contributed by atoms with Crippen molar-refractivity contribution in [2.75, 3.05) is 18.9 Å². The van der Waals surface area contributed by atoms with Crippen LogP contribution in [0.1, 0.15) is 0 Å². The van der Waals surface area contributed by atoms with E-state index in [1.165, 1.54) is 6.33 Å². The van der Waals surface area contributed by atoms with Crippen LogP contribution in [0.15, 0.2) is 18.5 Å². The maximum atomic E-state index is 5.74. The molecular weight excluding hydrogens is 194 g/mol. The summed E-state index contributed by atoms with van der Waals surface area (Å²) in [4.78, 5) is 8.09. The van der Waals surface area contributed by atoms with E-state index < -0.39 is 0 Å². The van der Waals surface area contributed by atoms with Gasteiger partial charge >= 0.3 is 0 Å². The molecule has 2 aromatic rings. The molecule has 5 heteroatoms. The molecule has 0 saturated carbocycles. The summed E-state index contributed by atoms with van der Waals surface area (Å²) in [5.74, 6) is 1.83. The van der Waals surface area contributed by atoms with Crippen LogP contribution in [0.25, 0.3) is 10.9 Å². The van der Waals surface area contributed by atoms with Crippen LogP contribution in [0.5, 0.6) is 11.5 Å². The minimum absolute atomic E-state index is 0.456. The summed E-state index contributed by atoms with van der Waals surface area (Å²) < 4.78 is 11.0. The molecular formula is C10H9N3O2. The number of fused-ring (bicyclic) bond motifs is 3. The molecule has 5 nitrogen and oxygen atoms in total. The van der Waals surface area contributed by atoms with E-state index in [4.69, 9.17) is 15.2 Å². The number of hydrogen-bond donors (Lipinski definition) is 1. The van der Waals surface area contributed by atoms with Gasteiger partial charge in [0.25, 0.3) is 0 Å². The Hall–Kier alpha value is -2.04. The topological polar surface area (TPSA) is 70.3 Å². The lowest BCUT2D eigenvalue weighted by Crippen LogP contribution is -2.15. The molecule has 0 radical (unpaired) electrons. The highest BCUT2D eigenvalue weighted by Crippen LogP contribution is 2.37. The molecule has 1 aromatic heterocycles. The second-order valence-electron chi connectivity index (χ2n) is 3.24. The first-order chi connectivity index (χ1) is 7.36. The number of aromatic nitrogens is 2. The summed E-state index contributed by atoms with van der Waals surface area (Å²) >= 11 is 0. The second kappa shape index (κ2) is 2.98. The molecule has 2 N–H and O–H groups in total. The largest absolute Gasteiger partial charge is 0.486 e. The Balaban J connectivity index is 2.36. The zero-order chi connectivity index (χ0) is 10.3. The van der Waals surface area contributed by atoms with E-state index >= 15 is 0 Å². The standard InChI is InChI=1S/C10H9N3O2/c11-10-6-1-2-7-9(15-4-3-14-7)8(6)12-5-13-10/h1-2,5H,3-4H2,(H2,11,12,13). The molecule has 0 aliphatic carbocycles. The van der Waals surface area contributed by atoms with Crippen LogP contribution >= 0.6 is 0 Å². The average molecular weight is 203 g/mol. The highest BCUT2D eigenvalue weighted by Gasteiger charge is 2.16. The van der Waals surface area contributed by atoms with E-state index in [-0.39, 0.29) is 0 Å². The van der Waals surface area contributed by atoms with Crippen LogP contribution in [-0.2, 0) is 0 Å². The number of nitrogen functional groups attached to an aromatic ring is 1. The first-order valence-electron chi connectivity index (χ1n) is 4.65. The molecule has 0 bridgehead atoms. The molecule has 0 atom stereocenters. The summed E-state index contributed by atoms with van der Waals surface area (Å²) in [5, 5.41) is 0.793. The summed E-state index contributed by atoms with van der Waals surface area (Å²) in [6.07, 6.45) is 1.43. The molecule has 0 fully saturated rings. The maximum Gasteiger partial charge on any atom is 0.187 e. The molecule has 0 spiro atoms. The minimum Gasteiger partial charge on any atom is -0.486 e. The van der Waals surface area contributed by atoms with E-state index in [1.54, 1.807) is 0 Å². The fourth-order valence-electron chi connectivity index (χ4n) is 1.65. The highest BCUT2D eigenvalue weighted by molar-refractivity contribution is 5.93. The van der Waals surface area contributed by atoms with Crippen LogP contribution in [0.2, 0.25) is 0 Å². The predicted molar refractivity (Wildman–Crippen MR) is 54.9 cm³/mol. The fourth-order valence-corrected chi connectivity index (χ4v) is 1.65. The van der Waals surface area contributed by atoms with Crippen LogP contribution in [-0.4, -0.2) is 23.2 Å². The summed E-state index contributed by atoms with van der Waals surface area (Å²) in [6, 6.07) is 3.68. The third-order valence-electron chi connectivity index (χ3n) is 2.34. The van der Waals surface area contributed by atoms with Crippen molar-refractivity contribution >= 4 is 16.7 Å². The minimum atomic E-state index is 0.456. The van der Waals surface area contributed by atoms with Crippen LogP contribution in [0, 0.1) is 0 Å². The van der Waals surface area contributed by atoms with Gasteiger partial charge in [0.2, 0.25) is 0 Å². The number of nitrogens with zero attached hydrogens (tertiary/aromatic N) is 2. The molecule has 1 aromatic carbocycles. The molecule has 0 unspecified atom stereocenters. The highest BCUT2D eigenvalue weighted by atomic mass is 16.6. The lowest BCUT2D eigenvalue weighted by atomic mass is 10.2. The summed E-state index contributed by atoms with van der Waals surface area (Å²) in [6.45, 7) is 1.11. The first-order valence-corrected chi connectivity index (χ1v) is 4.65. The lowest BCUT2D eigenvalue weighted by Gasteiger charge is -2.19. The lowest BCUT2D eigenvalue weighted by molar-refractivity contribution is 0.173. The summed E-state index contributed by atoms with van der Waals surface area (Å²) in [7, 11) is 0. The Morgan fingerprint density at radius 3 is 2.93 bits per heavy atom. The van der Waals surface area contributed by atoms with Gasteiger partial charge in [0, 0.05) is 5.39 Å². The smallest absolute Gasteiger partial charge is 0.187 e. The van der Waals surface area contributed by atoms with Crippen molar-refractivity contribution in [3.63, 3.8) is 0 Å². The Morgan fingerprint density at radius 1 is 1.13 bits per heavy atom. The quantitative estimate of drug-likeness (QED) is 0.691. The molecule has 0 amide bonds. The third kappa shape index (κ3) is 1.16. The van der Waals surface area contributed by atoms with Crippen molar-refractivity contribution < 1.29 is 9.47 Å². The number of hydrogen-bond acceptors (Lipinski definition) is 5. The van der Waals surface area contributed by atoms with Crippen molar-refractivity contribution in [3.05, 3.63) is 18.5 Å². The van der Waals surface area contributed by atoms with Gasteiger partial charge in [-0.3, -0.25) is 0 Å². The van der Waals surface area contributed by atoms with E-state index in [2.05, 4.69) is 9.97 Å². The van der Waals surface area contributed by atoms with Crippen molar-refractivity contribution in [3.8, 4) is 11.5 Å². The number of benzene rings is 1. The van der Waals surface area contributed by atoms with Gasteiger partial charge in [0.15, 0.2) is 11.5 Å². The third-order valence-corrected chi connectivity index (χ3v) is 2.34. The van der Waals surface area contributed by atoms with E-state index in [1.807, 2.05) is 12.1 Å². The van der Waals surface area contributed by atoms with Crippen LogP contribution < -0.4 is 15.2 Å². The van der Waals surface area contributed by atoms with E-state index in [0.29, 0.717) is 36.0 Å². The zero-order valence-corrected chi connectivity index (χ0v) is 7.93. The number of ether oxygens (including phenoxy) is 2. The molecule has 1 aliphatic heterocycles. The molecule has 3 rings (SSSR count). The molecule has 76 valence electrons. The van der Waals surface area contributed by atoms with Gasteiger partial charge in [0.05, 0.1) is 0 Å². The average Bonchev–Trinajstić information content (AvgIpc) is 2.29. The SMILES string of the molecule is Nc1ncnc2c3c(ccc12)OCCO3. The van der Waals surface area contributed by atoms with Crippen molar-refractivity contribution in [1.82, 2.24) is 9.97 Å². The van der Waals surface area contributed by atoms with Gasteiger partial charge in [-0.15, -0.1) is 0 Å². The number of rotatable bonds is 0. The Kier molecular flexibility index (Phi) is 1.65. The van der Waals surface area contributed by atoms with Gasteiger partial charge in [0.1, 0.15) is 30.9 Å². The monoisotopic (exact) mass is 203 g/mol. The van der Waals surface area contributed by atoms with E-state index in [0.717, 1.165) is 5.39 Å². The van der Waals surface area contributed by atoms with Crippen molar-refractivity contribution in [1.29, 1.82) is 0 Å². The first kappa shape index (κ1) is 8.28. The van der Waals surface area contributed by atoms with Crippen molar-refractivity contribution in [2.24, 2.45) is 0 Å².